The van der Waals surface area contributed by atoms with Gasteiger partial charge in [0.05, 0.1) is 5.69 Å². The second kappa shape index (κ2) is 7.16. The van der Waals surface area contributed by atoms with E-state index >= 15 is 0 Å². The maximum absolute atomic E-state index is 13.1. The van der Waals surface area contributed by atoms with Crippen molar-refractivity contribution in [1.82, 2.24) is 5.32 Å². The first-order valence-corrected chi connectivity index (χ1v) is 11.6. The second-order valence-corrected chi connectivity index (χ2v) is 10.1. The van der Waals surface area contributed by atoms with E-state index in [-0.39, 0.29) is 11.0 Å². The highest BCUT2D eigenvalue weighted by Crippen LogP contribution is 2.60. The summed E-state index contributed by atoms with van der Waals surface area (Å²) in [6, 6.07) is 16.4. The highest BCUT2D eigenvalue weighted by molar-refractivity contribution is 6.39. The van der Waals surface area contributed by atoms with E-state index in [0.29, 0.717) is 5.69 Å². The molecule has 0 spiro atoms. The standard InChI is InChI=1S/C27H26N2O3/c30-24-23(13-17-4-2-1-3-5-17)25(31)29(26(32)28-24)22-8-6-21(7-9-22)27-14-18-10-19(15-27)12-20(11-18)16-27/h1-9,13,18-20H,10-12,14-16H2,(H,28,30,32)/b23-13+. The number of carbonyl (C=O) groups is 3. The van der Waals surface area contributed by atoms with Gasteiger partial charge in [0.15, 0.2) is 0 Å². The van der Waals surface area contributed by atoms with Crippen LogP contribution in [-0.2, 0) is 15.0 Å². The van der Waals surface area contributed by atoms with Crippen molar-refractivity contribution >= 4 is 29.6 Å². The zero-order valence-corrected chi connectivity index (χ0v) is 17.9. The lowest BCUT2D eigenvalue weighted by molar-refractivity contribution is -0.122. The lowest BCUT2D eigenvalue weighted by atomic mass is 9.48. The molecule has 0 aromatic heterocycles. The van der Waals surface area contributed by atoms with Crippen molar-refractivity contribution in [3.8, 4) is 0 Å². The summed E-state index contributed by atoms with van der Waals surface area (Å²) in [5, 5.41) is 2.31. The minimum Gasteiger partial charge on any atom is -0.273 e. The summed E-state index contributed by atoms with van der Waals surface area (Å²) >= 11 is 0. The molecule has 2 aromatic rings. The summed E-state index contributed by atoms with van der Waals surface area (Å²) in [4.78, 5) is 39.1. The first-order chi connectivity index (χ1) is 15.5. The molecule has 1 N–H and O–H groups in total. The number of urea groups is 1. The van der Waals surface area contributed by atoms with Crippen LogP contribution in [0.25, 0.3) is 6.08 Å². The fourth-order valence-corrected chi connectivity index (χ4v) is 7.04. The lowest BCUT2D eigenvalue weighted by Gasteiger charge is -2.57. The molecule has 7 rings (SSSR count). The summed E-state index contributed by atoms with van der Waals surface area (Å²) in [5.74, 6) is 1.31. The Hall–Kier alpha value is -3.21. The maximum atomic E-state index is 13.1. The Labute approximate surface area is 187 Å². The van der Waals surface area contributed by atoms with E-state index in [9.17, 15) is 14.4 Å². The molecule has 162 valence electrons. The van der Waals surface area contributed by atoms with Crippen molar-refractivity contribution < 1.29 is 14.4 Å². The zero-order chi connectivity index (χ0) is 21.9. The molecule has 1 saturated heterocycles. The smallest absolute Gasteiger partial charge is 0.273 e. The summed E-state index contributed by atoms with van der Waals surface area (Å²) in [7, 11) is 0. The highest BCUT2D eigenvalue weighted by Gasteiger charge is 2.51. The van der Waals surface area contributed by atoms with Crippen molar-refractivity contribution in [1.29, 1.82) is 0 Å². The van der Waals surface area contributed by atoms with Crippen LogP contribution >= 0.6 is 0 Å². The number of rotatable bonds is 3. The molecule has 5 aliphatic rings. The van der Waals surface area contributed by atoms with Crippen LogP contribution in [0.2, 0.25) is 0 Å². The Bertz CT molecular complexity index is 1100. The predicted octanol–water partition coefficient (Wildman–Crippen LogP) is 4.82. The number of nitrogens with zero attached hydrogens (tertiary/aromatic N) is 1. The van der Waals surface area contributed by atoms with Crippen LogP contribution in [-0.4, -0.2) is 17.8 Å². The van der Waals surface area contributed by atoms with Crippen molar-refractivity contribution in [3.63, 3.8) is 0 Å². The summed E-state index contributed by atoms with van der Waals surface area (Å²) < 4.78 is 0. The number of anilines is 1. The summed E-state index contributed by atoms with van der Waals surface area (Å²) in [6.45, 7) is 0. The van der Waals surface area contributed by atoms with Gasteiger partial charge in [-0.2, -0.15) is 0 Å². The molecular formula is C27H26N2O3. The predicted molar refractivity (Wildman–Crippen MR) is 122 cm³/mol. The van der Waals surface area contributed by atoms with Gasteiger partial charge in [-0.15, -0.1) is 0 Å². The normalized spacial score (nSPS) is 32.5. The fraction of sp³-hybridized carbons (Fsp3) is 0.370. The first-order valence-electron chi connectivity index (χ1n) is 11.6. The Kier molecular flexibility index (Phi) is 4.36. The number of nitrogens with one attached hydrogen (secondary N) is 1. The quantitative estimate of drug-likeness (QED) is 0.565. The number of carbonyl (C=O) groups excluding carboxylic acids is 3. The Morgan fingerprint density at radius 2 is 1.41 bits per heavy atom. The molecule has 0 radical (unpaired) electrons. The van der Waals surface area contributed by atoms with Crippen LogP contribution < -0.4 is 10.2 Å². The number of benzene rings is 2. The number of amides is 4. The van der Waals surface area contributed by atoms with Gasteiger partial charge in [-0.05, 0) is 91.0 Å². The average molecular weight is 427 g/mol. The molecule has 2 aromatic carbocycles. The Balaban J connectivity index is 1.30. The van der Waals surface area contributed by atoms with Crippen molar-refractivity contribution in [2.75, 3.05) is 4.90 Å². The van der Waals surface area contributed by atoms with E-state index in [2.05, 4.69) is 17.4 Å². The Morgan fingerprint density at radius 3 is 2.00 bits per heavy atom. The van der Waals surface area contributed by atoms with Gasteiger partial charge >= 0.3 is 6.03 Å². The number of hydrogen-bond donors (Lipinski definition) is 1. The lowest BCUT2D eigenvalue weighted by Crippen LogP contribution is -2.54. The summed E-state index contributed by atoms with van der Waals surface area (Å²) in [5.41, 5.74) is 2.78. The molecule has 0 atom stereocenters. The van der Waals surface area contributed by atoms with E-state index < -0.39 is 17.8 Å². The molecule has 0 unspecified atom stereocenters. The SMILES string of the molecule is O=C1NC(=O)N(c2ccc(C34CC5CC(CC(C5)C3)C4)cc2)C(=O)/C1=C/c1ccccc1. The number of barbiturate groups is 1. The average Bonchev–Trinajstić information content (AvgIpc) is 2.77. The van der Waals surface area contributed by atoms with Crippen molar-refractivity contribution in [3.05, 3.63) is 71.3 Å². The van der Waals surface area contributed by atoms with Gasteiger partial charge in [-0.25, -0.2) is 9.69 Å². The molecule has 1 heterocycles. The molecule has 32 heavy (non-hydrogen) atoms. The van der Waals surface area contributed by atoms with E-state index in [4.69, 9.17) is 0 Å². The molecule has 5 nitrogen and oxygen atoms in total. The molecular weight excluding hydrogens is 400 g/mol. The fourth-order valence-electron chi connectivity index (χ4n) is 7.04. The van der Waals surface area contributed by atoms with Gasteiger partial charge < -0.3 is 0 Å². The third kappa shape index (κ3) is 3.10. The summed E-state index contributed by atoms with van der Waals surface area (Å²) in [6.07, 6.45) is 9.50. The van der Waals surface area contributed by atoms with Gasteiger partial charge in [0.1, 0.15) is 5.57 Å². The molecule has 5 fully saturated rings. The molecule has 4 amide bonds. The number of hydrogen-bond acceptors (Lipinski definition) is 3. The van der Waals surface area contributed by atoms with Crippen LogP contribution in [0.3, 0.4) is 0 Å². The topological polar surface area (TPSA) is 66.5 Å². The zero-order valence-electron chi connectivity index (χ0n) is 17.9. The molecule has 1 aliphatic heterocycles. The van der Waals surface area contributed by atoms with Gasteiger partial charge in [-0.3, -0.25) is 14.9 Å². The van der Waals surface area contributed by atoms with Crippen molar-refractivity contribution in [2.24, 2.45) is 17.8 Å². The van der Waals surface area contributed by atoms with Gasteiger partial charge in [-0.1, -0.05) is 42.5 Å². The van der Waals surface area contributed by atoms with Gasteiger partial charge in [0.2, 0.25) is 0 Å². The van der Waals surface area contributed by atoms with Gasteiger partial charge in [0, 0.05) is 0 Å². The minimum absolute atomic E-state index is 0.0408. The molecule has 4 saturated carbocycles. The third-order valence-corrected chi connectivity index (χ3v) is 7.99. The first kappa shape index (κ1) is 19.5. The monoisotopic (exact) mass is 426 g/mol. The second-order valence-electron chi connectivity index (χ2n) is 10.1. The minimum atomic E-state index is -0.701. The molecule has 5 heteroatoms. The molecule has 4 bridgehead atoms. The van der Waals surface area contributed by atoms with Crippen LogP contribution in [0.1, 0.15) is 49.7 Å². The van der Waals surface area contributed by atoms with Crippen LogP contribution in [0.15, 0.2) is 60.2 Å². The Morgan fingerprint density at radius 1 is 0.812 bits per heavy atom. The van der Waals surface area contributed by atoms with Gasteiger partial charge in [0.25, 0.3) is 11.8 Å². The maximum Gasteiger partial charge on any atom is 0.335 e. The number of imide groups is 2. The molecule has 4 aliphatic carbocycles. The largest absolute Gasteiger partial charge is 0.335 e. The highest BCUT2D eigenvalue weighted by atomic mass is 16.2. The van der Waals surface area contributed by atoms with Crippen molar-refractivity contribution in [2.45, 2.75) is 43.9 Å². The van der Waals surface area contributed by atoms with E-state index in [1.54, 1.807) is 0 Å². The van der Waals surface area contributed by atoms with Crippen LogP contribution in [0, 0.1) is 17.8 Å². The third-order valence-electron chi connectivity index (χ3n) is 7.99. The van der Waals surface area contributed by atoms with E-state index in [1.807, 2.05) is 42.5 Å². The van der Waals surface area contributed by atoms with E-state index in [0.717, 1.165) is 28.2 Å². The van der Waals surface area contributed by atoms with E-state index in [1.165, 1.54) is 50.2 Å². The van der Waals surface area contributed by atoms with Crippen LogP contribution in [0.4, 0.5) is 10.5 Å². The van der Waals surface area contributed by atoms with Crippen LogP contribution in [0.5, 0.6) is 0 Å².